The van der Waals surface area contributed by atoms with Crippen LogP contribution in [0.4, 0.5) is 5.82 Å². The summed E-state index contributed by atoms with van der Waals surface area (Å²) in [6, 6.07) is 10.7. The van der Waals surface area contributed by atoms with Gasteiger partial charge in [0.1, 0.15) is 5.82 Å². The minimum absolute atomic E-state index is 0.112. The highest BCUT2D eigenvalue weighted by Crippen LogP contribution is 2.21. The van der Waals surface area contributed by atoms with Crippen LogP contribution in [0.5, 0.6) is 0 Å². The van der Waals surface area contributed by atoms with Gasteiger partial charge in [0, 0.05) is 9.92 Å². The van der Waals surface area contributed by atoms with Crippen LogP contribution in [-0.2, 0) is 4.79 Å². The molecule has 0 bridgehead atoms. The number of anilines is 1. The van der Waals surface area contributed by atoms with Gasteiger partial charge in [-0.25, -0.2) is 4.98 Å². The quantitative estimate of drug-likeness (QED) is 0.845. The van der Waals surface area contributed by atoms with Crippen molar-refractivity contribution in [3.63, 3.8) is 0 Å². The molecule has 2 rings (SSSR count). The van der Waals surface area contributed by atoms with Crippen molar-refractivity contribution in [2.24, 2.45) is 0 Å². The monoisotopic (exact) mass is 326 g/mol. The third-order valence-corrected chi connectivity index (χ3v) is 4.14. The van der Waals surface area contributed by atoms with E-state index >= 15 is 0 Å². The highest BCUT2D eigenvalue weighted by atomic mass is 35.5. The second-order valence-electron chi connectivity index (χ2n) is 4.05. The Kier molecular flexibility index (Phi) is 5.29. The molecule has 0 fully saturated rings. The average Bonchev–Trinajstić information content (AvgIpc) is 2.42. The molecule has 6 heteroatoms. The number of thioether (sulfide) groups is 1. The lowest BCUT2D eigenvalue weighted by Crippen LogP contribution is -2.15. The smallest absolute Gasteiger partial charge is 0.235 e. The topological polar surface area (TPSA) is 42.0 Å². The van der Waals surface area contributed by atoms with Gasteiger partial charge in [0.15, 0.2) is 0 Å². The molecule has 0 radical (unpaired) electrons. The molecular formula is C14H12Cl2N2OS. The summed E-state index contributed by atoms with van der Waals surface area (Å²) in [5.74, 6) is 0.707. The van der Waals surface area contributed by atoms with E-state index in [-0.39, 0.29) is 5.91 Å². The molecule has 1 amide bonds. The van der Waals surface area contributed by atoms with Crippen molar-refractivity contribution in [3.05, 3.63) is 52.1 Å². The van der Waals surface area contributed by atoms with E-state index < -0.39 is 0 Å². The number of aromatic nitrogens is 1. The van der Waals surface area contributed by atoms with Crippen LogP contribution >= 0.6 is 35.0 Å². The number of hydrogen-bond donors (Lipinski definition) is 1. The van der Waals surface area contributed by atoms with Crippen molar-refractivity contribution in [1.82, 2.24) is 4.98 Å². The first kappa shape index (κ1) is 15.2. The summed E-state index contributed by atoms with van der Waals surface area (Å²) in [5.41, 5.74) is 0.690. The molecule has 1 aromatic heterocycles. The number of halogens is 2. The van der Waals surface area contributed by atoms with Crippen LogP contribution < -0.4 is 5.32 Å². The van der Waals surface area contributed by atoms with Crippen molar-refractivity contribution in [2.75, 3.05) is 11.1 Å². The zero-order valence-electron chi connectivity index (χ0n) is 10.7. The Hall–Kier alpha value is -1.23. The van der Waals surface area contributed by atoms with E-state index in [0.717, 1.165) is 4.90 Å². The first-order valence-corrected chi connectivity index (χ1v) is 7.60. The molecule has 0 atom stereocenters. The molecule has 104 valence electrons. The number of carbonyl (C=O) groups is 1. The zero-order valence-corrected chi connectivity index (χ0v) is 13.0. The van der Waals surface area contributed by atoms with E-state index in [1.807, 2.05) is 12.1 Å². The number of hydrogen-bond acceptors (Lipinski definition) is 3. The summed E-state index contributed by atoms with van der Waals surface area (Å²) in [5, 5.41) is 4.00. The van der Waals surface area contributed by atoms with Crippen molar-refractivity contribution < 1.29 is 4.79 Å². The highest BCUT2D eigenvalue weighted by Gasteiger charge is 2.06. The summed E-state index contributed by atoms with van der Waals surface area (Å²) in [7, 11) is 0. The van der Waals surface area contributed by atoms with E-state index in [4.69, 9.17) is 23.2 Å². The minimum Gasteiger partial charge on any atom is -0.310 e. The van der Waals surface area contributed by atoms with Crippen LogP contribution in [0.3, 0.4) is 0 Å². The lowest BCUT2D eigenvalue weighted by Gasteiger charge is -2.06. The maximum atomic E-state index is 11.8. The van der Waals surface area contributed by atoms with Gasteiger partial charge in [-0.3, -0.25) is 4.79 Å². The minimum atomic E-state index is -0.112. The second kappa shape index (κ2) is 6.97. The SMILES string of the molecule is Cc1nc(NC(=O)CSc2ccc(Cl)cc2)ccc1Cl. The molecule has 1 N–H and O–H groups in total. The number of benzene rings is 1. The number of amides is 1. The molecule has 20 heavy (non-hydrogen) atoms. The van der Waals surface area contributed by atoms with Crippen LogP contribution in [-0.4, -0.2) is 16.6 Å². The predicted molar refractivity (Wildman–Crippen MR) is 84.8 cm³/mol. The summed E-state index contributed by atoms with van der Waals surface area (Å²) in [6.07, 6.45) is 0. The van der Waals surface area contributed by atoms with Gasteiger partial charge in [-0.05, 0) is 43.3 Å². The summed E-state index contributed by atoms with van der Waals surface area (Å²) >= 11 is 13.1. The van der Waals surface area contributed by atoms with Crippen molar-refractivity contribution in [3.8, 4) is 0 Å². The second-order valence-corrected chi connectivity index (χ2v) is 5.95. The Balaban J connectivity index is 1.89. The van der Waals surface area contributed by atoms with Crippen molar-refractivity contribution in [2.45, 2.75) is 11.8 Å². The lowest BCUT2D eigenvalue weighted by atomic mass is 10.3. The first-order valence-electron chi connectivity index (χ1n) is 5.86. The van der Waals surface area contributed by atoms with Gasteiger partial charge in [0.2, 0.25) is 5.91 Å². The van der Waals surface area contributed by atoms with Gasteiger partial charge in [-0.15, -0.1) is 11.8 Å². The lowest BCUT2D eigenvalue weighted by molar-refractivity contribution is -0.113. The third-order valence-electron chi connectivity index (χ3n) is 2.47. The van der Waals surface area contributed by atoms with Gasteiger partial charge in [-0.1, -0.05) is 23.2 Å². The maximum Gasteiger partial charge on any atom is 0.235 e. The Labute approximate surface area is 131 Å². The molecule has 1 aromatic carbocycles. The van der Waals surface area contributed by atoms with Crippen molar-refractivity contribution >= 4 is 46.7 Å². The predicted octanol–water partition coefficient (Wildman–Crippen LogP) is 4.43. The Morgan fingerprint density at radius 1 is 1.20 bits per heavy atom. The summed E-state index contributed by atoms with van der Waals surface area (Å²) in [4.78, 5) is 17.0. The molecule has 0 aliphatic heterocycles. The van der Waals surface area contributed by atoms with Gasteiger partial charge < -0.3 is 5.32 Å². The Bertz CT molecular complexity index is 617. The molecule has 0 unspecified atom stereocenters. The molecule has 0 aliphatic carbocycles. The van der Waals surface area contributed by atoms with E-state index in [0.29, 0.717) is 27.3 Å². The molecule has 2 aromatic rings. The molecule has 3 nitrogen and oxygen atoms in total. The molecule has 1 heterocycles. The normalized spacial score (nSPS) is 10.3. The summed E-state index contributed by atoms with van der Waals surface area (Å²) in [6.45, 7) is 1.79. The van der Waals surface area contributed by atoms with Gasteiger partial charge in [-0.2, -0.15) is 0 Å². The number of carbonyl (C=O) groups excluding carboxylic acids is 1. The van der Waals surface area contributed by atoms with Crippen LogP contribution in [0.15, 0.2) is 41.3 Å². The van der Waals surface area contributed by atoms with E-state index in [2.05, 4.69) is 10.3 Å². The van der Waals surface area contributed by atoms with Crippen LogP contribution in [0, 0.1) is 6.92 Å². The van der Waals surface area contributed by atoms with Crippen LogP contribution in [0.25, 0.3) is 0 Å². The van der Waals surface area contributed by atoms with Crippen LogP contribution in [0.2, 0.25) is 10.0 Å². The standard InChI is InChI=1S/C14H12Cl2N2OS/c1-9-12(16)6-7-13(17-9)18-14(19)8-20-11-4-2-10(15)3-5-11/h2-7H,8H2,1H3,(H,17,18,19). The largest absolute Gasteiger partial charge is 0.310 e. The van der Waals surface area contributed by atoms with Gasteiger partial charge in [0.25, 0.3) is 0 Å². The fraction of sp³-hybridized carbons (Fsp3) is 0.143. The van der Waals surface area contributed by atoms with E-state index in [1.165, 1.54) is 11.8 Å². The fourth-order valence-corrected chi connectivity index (χ4v) is 2.40. The summed E-state index contributed by atoms with van der Waals surface area (Å²) < 4.78 is 0. The molecule has 0 spiro atoms. The van der Waals surface area contributed by atoms with Crippen molar-refractivity contribution in [1.29, 1.82) is 0 Å². The molecule has 0 saturated heterocycles. The number of nitrogens with zero attached hydrogens (tertiary/aromatic N) is 1. The van der Waals surface area contributed by atoms with Gasteiger partial charge in [0.05, 0.1) is 16.5 Å². The maximum absolute atomic E-state index is 11.8. The zero-order chi connectivity index (χ0) is 14.5. The molecule has 0 saturated carbocycles. The molecule has 0 aliphatic rings. The third kappa shape index (κ3) is 4.40. The van der Waals surface area contributed by atoms with E-state index in [9.17, 15) is 4.79 Å². The van der Waals surface area contributed by atoms with E-state index in [1.54, 1.807) is 31.2 Å². The highest BCUT2D eigenvalue weighted by molar-refractivity contribution is 8.00. The number of rotatable bonds is 4. The van der Waals surface area contributed by atoms with Gasteiger partial charge >= 0.3 is 0 Å². The molecular weight excluding hydrogens is 315 g/mol. The average molecular weight is 327 g/mol. The fourth-order valence-electron chi connectivity index (χ4n) is 1.47. The number of pyridine rings is 1. The number of aryl methyl sites for hydroxylation is 1. The number of nitrogens with one attached hydrogen (secondary N) is 1. The first-order chi connectivity index (χ1) is 9.54. The van der Waals surface area contributed by atoms with Crippen LogP contribution in [0.1, 0.15) is 5.69 Å². The Morgan fingerprint density at radius 2 is 1.90 bits per heavy atom. The Morgan fingerprint density at radius 3 is 2.55 bits per heavy atom.